The van der Waals surface area contributed by atoms with Crippen LogP contribution in [0.4, 0.5) is 0 Å². The molecule has 13 heavy (non-hydrogen) atoms. The van der Waals surface area contributed by atoms with Crippen molar-refractivity contribution in [1.82, 2.24) is 0 Å². The molecule has 5 heteroatoms. The summed E-state index contributed by atoms with van der Waals surface area (Å²) in [5, 5.41) is 8.49. The van der Waals surface area contributed by atoms with Crippen LogP contribution < -0.4 is 4.52 Å². The normalized spacial score (nSPS) is 14.2. The van der Waals surface area contributed by atoms with Crippen molar-refractivity contribution >= 4 is 18.0 Å². The summed E-state index contributed by atoms with van der Waals surface area (Å²) >= 11 is 5.41. The summed E-state index contributed by atoms with van der Waals surface area (Å²) in [6, 6.07) is 8.21. The number of hydrogen-bond donors (Lipinski definition) is 0. The van der Waals surface area contributed by atoms with Gasteiger partial charge in [0.25, 0.3) is 0 Å². The van der Waals surface area contributed by atoms with Crippen molar-refractivity contribution in [1.29, 1.82) is 5.26 Å². The smallest absolute Gasteiger partial charge is 0.333 e. The summed E-state index contributed by atoms with van der Waals surface area (Å²) in [5.41, 5.74) is 0.521. The maximum absolute atomic E-state index is 11.0. The Morgan fingerprint density at radius 1 is 1.46 bits per heavy atom. The Bertz CT molecular complexity index is 376. The highest BCUT2D eigenvalue weighted by molar-refractivity contribution is 7.85. The second-order valence-corrected chi connectivity index (χ2v) is 5.99. The molecule has 0 heterocycles. The first kappa shape index (κ1) is 10.1. The first-order valence-electron chi connectivity index (χ1n) is 3.48. The number of hydrogen-bond acceptors (Lipinski definition) is 3. The van der Waals surface area contributed by atoms with Crippen LogP contribution in [0, 0.1) is 11.3 Å². The van der Waals surface area contributed by atoms with E-state index in [1.54, 1.807) is 24.3 Å². The van der Waals surface area contributed by atoms with E-state index < -0.39 is 6.72 Å². The Balaban J connectivity index is 2.83. The molecule has 0 fully saturated rings. The standard InChI is InChI=1S/C8H7ClNO2P/c1-13(9,11)12-8-4-2-7(6-10)3-5-8/h2-5H,1H3. The van der Waals surface area contributed by atoms with Gasteiger partial charge in [0.1, 0.15) is 5.75 Å². The average Bonchev–Trinajstić information content (AvgIpc) is 2.03. The van der Waals surface area contributed by atoms with Gasteiger partial charge in [0.15, 0.2) is 0 Å². The molecule has 0 aliphatic carbocycles. The highest BCUT2D eigenvalue weighted by Gasteiger charge is 2.11. The quantitative estimate of drug-likeness (QED) is 0.713. The number of nitrogens with zero attached hydrogens (tertiary/aromatic N) is 1. The van der Waals surface area contributed by atoms with E-state index in [-0.39, 0.29) is 0 Å². The predicted octanol–water partition coefficient (Wildman–Crippen LogP) is 3.00. The Morgan fingerprint density at radius 3 is 2.38 bits per heavy atom. The number of halogens is 1. The molecular weight excluding hydrogens is 209 g/mol. The molecule has 0 radical (unpaired) electrons. The molecule has 0 saturated carbocycles. The minimum Gasteiger partial charge on any atom is -0.433 e. The van der Waals surface area contributed by atoms with Gasteiger partial charge in [-0.2, -0.15) is 5.26 Å². The summed E-state index contributed by atoms with van der Waals surface area (Å²) in [7, 11) is 0. The van der Waals surface area contributed by atoms with Crippen molar-refractivity contribution in [3.63, 3.8) is 0 Å². The van der Waals surface area contributed by atoms with Crippen LogP contribution in [0.1, 0.15) is 5.56 Å². The van der Waals surface area contributed by atoms with E-state index in [1.807, 2.05) is 6.07 Å². The number of benzene rings is 1. The third-order valence-corrected chi connectivity index (χ3v) is 2.00. The summed E-state index contributed by atoms with van der Waals surface area (Å²) in [6.07, 6.45) is 0. The van der Waals surface area contributed by atoms with Gasteiger partial charge in [0.2, 0.25) is 0 Å². The third-order valence-electron chi connectivity index (χ3n) is 1.25. The highest BCUT2D eigenvalue weighted by Crippen LogP contribution is 2.48. The van der Waals surface area contributed by atoms with Crippen molar-refractivity contribution in [2.75, 3.05) is 6.66 Å². The van der Waals surface area contributed by atoms with Gasteiger partial charge < -0.3 is 4.52 Å². The van der Waals surface area contributed by atoms with Crippen molar-refractivity contribution in [2.24, 2.45) is 0 Å². The van der Waals surface area contributed by atoms with Gasteiger partial charge >= 0.3 is 6.72 Å². The predicted molar refractivity (Wildman–Crippen MR) is 51.2 cm³/mol. The number of rotatable bonds is 2. The van der Waals surface area contributed by atoms with Gasteiger partial charge in [-0.25, -0.2) is 0 Å². The van der Waals surface area contributed by atoms with Crippen LogP contribution in [0.2, 0.25) is 0 Å². The summed E-state index contributed by atoms with van der Waals surface area (Å²) in [6.45, 7) is -1.71. The molecule has 0 saturated heterocycles. The zero-order valence-electron chi connectivity index (χ0n) is 6.90. The van der Waals surface area contributed by atoms with Crippen LogP contribution in [0.3, 0.4) is 0 Å². The van der Waals surface area contributed by atoms with E-state index in [2.05, 4.69) is 0 Å². The molecule has 0 bridgehead atoms. The molecule has 1 atom stereocenters. The second kappa shape index (κ2) is 3.83. The van der Waals surface area contributed by atoms with Gasteiger partial charge in [-0.1, -0.05) is 0 Å². The molecule has 0 aromatic heterocycles. The molecular formula is C8H7ClNO2P. The third kappa shape index (κ3) is 3.50. The summed E-state index contributed by atoms with van der Waals surface area (Å²) in [5.74, 6) is 0.403. The maximum atomic E-state index is 11.0. The van der Waals surface area contributed by atoms with Gasteiger partial charge in [-0.3, -0.25) is 4.57 Å². The highest BCUT2D eigenvalue weighted by atomic mass is 35.7. The van der Waals surface area contributed by atoms with E-state index in [1.165, 1.54) is 6.66 Å². The molecule has 1 unspecified atom stereocenters. The van der Waals surface area contributed by atoms with E-state index in [0.717, 1.165) is 0 Å². The molecule has 0 spiro atoms. The lowest BCUT2D eigenvalue weighted by Crippen LogP contribution is -1.84. The topological polar surface area (TPSA) is 50.1 Å². The SMILES string of the molecule is CP(=O)(Cl)Oc1ccc(C#N)cc1. The summed E-state index contributed by atoms with van der Waals surface area (Å²) in [4.78, 5) is 0. The van der Waals surface area contributed by atoms with Crippen molar-refractivity contribution in [3.8, 4) is 11.8 Å². The Kier molecular flexibility index (Phi) is 2.98. The minimum atomic E-state index is -3.02. The van der Waals surface area contributed by atoms with Crippen LogP contribution in [0.15, 0.2) is 24.3 Å². The second-order valence-electron chi connectivity index (χ2n) is 2.47. The van der Waals surface area contributed by atoms with Crippen LogP contribution in [-0.2, 0) is 4.57 Å². The molecule has 0 N–H and O–H groups in total. The number of nitriles is 1. The van der Waals surface area contributed by atoms with Crippen molar-refractivity contribution < 1.29 is 9.09 Å². The van der Waals surface area contributed by atoms with E-state index in [0.29, 0.717) is 11.3 Å². The molecule has 68 valence electrons. The average molecular weight is 216 g/mol. The molecule has 0 aliphatic rings. The fraction of sp³-hybridized carbons (Fsp3) is 0.125. The Morgan fingerprint density at radius 2 is 2.00 bits per heavy atom. The van der Waals surface area contributed by atoms with E-state index in [4.69, 9.17) is 21.0 Å². The fourth-order valence-corrected chi connectivity index (χ4v) is 1.52. The molecule has 0 amide bonds. The zero-order chi connectivity index (χ0) is 9.90. The van der Waals surface area contributed by atoms with Crippen molar-refractivity contribution in [3.05, 3.63) is 29.8 Å². The molecule has 1 rings (SSSR count). The Hall–Kier alpha value is -0.970. The molecule has 1 aromatic carbocycles. The van der Waals surface area contributed by atoms with E-state index >= 15 is 0 Å². The van der Waals surface area contributed by atoms with Gasteiger partial charge in [-0.05, 0) is 35.5 Å². The molecule has 1 aromatic rings. The van der Waals surface area contributed by atoms with Gasteiger partial charge in [0, 0.05) is 6.66 Å². The van der Waals surface area contributed by atoms with Crippen molar-refractivity contribution in [2.45, 2.75) is 0 Å². The maximum Gasteiger partial charge on any atom is 0.333 e. The molecule has 0 aliphatic heterocycles. The molecule has 3 nitrogen and oxygen atoms in total. The van der Waals surface area contributed by atoms with Crippen LogP contribution >= 0.6 is 18.0 Å². The van der Waals surface area contributed by atoms with Gasteiger partial charge in [-0.15, -0.1) is 0 Å². The summed E-state index contributed by atoms with van der Waals surface area (Å²) < 4.78 is 15.9. The minimum absolute atomic E-state index is 0.403. The zero-order valence-corrected chi connectivity index (χ0v) is 8.55. The van der Waals surface area contributed by atoms with Crippen LogP contribution in [0.5, 0.6) is 5.75 Å². The van der Waals surface area contributed by atoms with Crippen LogP contribution in [0.25, 0.3) is 0 Å². The lowest BCUT2D eigenvalue weighted by atomic mass is 10.2. The van der Waals surface area contributed by atoms with Crippen LogP contribution in [-0.4, -0.2) is 6.66 Å². The first-order chi connectivity index (χ1) is 6.01. The van der Waals surface area contributed by atoms with E-state index in [9.17, 15) is 4.57 Å². The first-order valence-corrected chi connectivity index (χ1v) is 6.46. The van der Waals surface area contributed by atoms with Gasteiger partial charge in [0.05, 0.1) is 11.6 Å². The lowest BCUT2D eigenvalue weighted by Gasteiger charge is -2.06. The Labute approximate surface area is 81.1 Å². The fourth-order valence-electron chi connectivity index (χ4n) is 0.779. The largest absolute Gasteiger partial charge is 0.433 e. The lowest BCUT2D eigenvalue weighted by molar-refractivity contribution is 0.504. The monoisotopic (exact) mass is 215 g/mol.